The van der Waals surface area contributed by atoms with Gasteiger partial charge in [0, 0.05) is 6.07 Å². The Morgan fingerprint density at radius 1 is 1.25 bits per heavy atom. The van der Waals surface area contributed by atoms with Crippen molar-refractivity contribution in [1.29, 1.82) is 0 Å². The Bertz CT molecular complexity index is 527. The minimum absolute atomic E-state index is 0.140. The molecule has 0 atom stereocenters. The first-order valence-electron chi connectivity index (χ1n) is 4.52. The van der Waals surface area contributed by atoms with Crippen LogP contribution in [0.2, 0.25) is 0 Å². The molecular formula is C8H4F6N2O4. The van der Waals surface area contributed by atoms with Crippen molar-refractivity contribution >= 4 is 5.82 Å². The van der Waals surface area contributed by atoms with E-state index < -0.39 is 40.5 Å². The summed E-state index contributed by atoms with van der Waals surface area (Å²) in [6, 6.07) is -0.140. The lowest BCUT2D eigenvalue weighted by molar-refractivity contribution is -0.391. The van der Waals surface area contributed by atoms with Crippen molar-refractivity contribution < 1.29 is 40.7 Å². The molecule has 0 aliphatic carbocycles. The van der Waals surface area contributed by atoms with Crippen LogP contribution >= 0.6 is 0 Å². The molecule has 0 aliphatic rings. The van der Waals surface area contributed by atoms with E-state index in [4.69, 9.17) is 0 Å². The Labute approximate surface area is 106 Å². The van der Waals surface area contributed by atoms with Crippen molar-refractivity contribution in [2.45, 2.75) is 12.5 Å². The van der Waals surface area contributed by atoms with Gasteiger partial charge in [-0.2, -0.15) is 13.2 Å². The molecule has 1 aromatic rings. The fourth-order valence-corrected chi connectivity index (χ4v) is 1.16. The molecule has 0 bridgehead atoms. The second-order valence-corrected chi connectivity index (χ2v) is 3.17. The fraction of sp³-hybridized carbons (Fsp3) is 0.375. The number of hydrogen-bond donors (Lipinski definition) is 0. The summed E-state index contributed by atoms with van der Waals surface area (Å²) in [5.74, 6) is -4.21. The van der Waals surface area contributed by atoms with E-state index in [-0.39, 0.29) is 6.07 Å². The minimum atomic E-state index is -5.36. The van der Waals surface area contributed by atoms with Gasteiger partial charge in [0.05, 0.1) is 7.11 Å². The smallest absolute Gasteiger partial charge is 0.486 e. The molecule has 0 spiro atoms. The molecule has 112 valence electrons. The highest BCUT2D eigenvalue weighted by atomic mass is 19.4. The molecule has 6 nitrogen and oxygen atoms in total. The van der Waals surface area contributed by atoms with Crippen molar-refractivity contribution in [2.75, 3.05) is 7.11 Å². The maximum Gasteiger partial charge on any atom is 0.573 e. The molecule has 0 radical (unpaired) electrons. The van der Waals surface area contributed by atoms with Crippen molar-refractivity contribution in [3.05, 3.63) is 21.9 Å². The predicted molar refractivity (Wildman–Crippen MR) is 49.1 cm³/mol. The average Bonchev–Trinajstić information content (AvgIpc) is 2.24. The van der Waals surface area contributed by atoms with Gasteiger partial charge in [-0.1, -0.05) is 0 Å². The van der Waals surface area contributed by atoms with Crippen LogP contribution in [0.25, 0.3) is 0 Å². The van der Waals surface area contributed by atoms with E-state index in [9.17, 15) is 36.5 Å². The van der Waals surface area contributed by atoms with Gasteiger partial charge in [0.1, 0.15) is 0 Å². The first-order chi connectivity index (χ1) is 8.95. The topological polar surface area (TPSA) is 74.5 Å². The van der Waals surface area contributed by atoms with Gasteiger partial charge in [-0.05, 0) is 9.91 Å². The molecule has 0 saturated carbocycles. The largest absolute Gasteiger partial charge is 0.573 e. The van der Waals surface area contributed by atoms with Crippen LogP contribution in [0.5, 0.6) is 11.5 Å². The van der Waals surface area contributed by atoms with Gasteiger partial charge in [0.25, 0.3) is 11.4 Å². The summed E-state index contributed by atoms with van der Waals surface area (Å²) >= 11 is 0. The third-order valence-electron chi connectivity index (χ3n) is 1.81. The lowest BCUT2D eigenvalue weighted by Gasteiger charge is -2.13. The maximum absolute atomic E-state index is 12.4. The van der Waals surface area contributed by atoms with E-state index in [1.54, 1.807) is 0 Å². The van der Waals surface area contributed by atoms with E-state index in [1.165, 1.54) is 0 Å². The number of alkyl halides is 6. The minimum Gasteiger partial charge on any atom is -0.486 e. The molecule has 12 heteroatoms. The van der Waals surface area contributed by atoms with Crippen molar-refractivity contribution in [1.82, 2.24) is 4.98 Å². The SMILES string of the molecule is COc1c(OC(F)(F)F)cc(C(F)(F)F)nc1[N+](=O)[O-]. The Kier molecular flexibility index (Phi) is 3.96. The fourth-order valence-electron chi connectivity index (χ4n) is 1.16. The summed E-state index contributed by atoms with van der Waals surface area (Å²) in [6.45, 7) is 0. The molecule has 1 heterocycles. The summed E-state index contributed by atoms with van der Waals surface area (Å²) < 4.78 is 81.0. The summed E-state index contributed by atoms with van der Waals surface area (Å²) in [6.07, 6.45) is -10.5. The quantitative estimate of drug-likeness (QED) is 0.487. The number of hydrogen-bond acceptors (Lipinski definition) is 5. The molecule has 0 saturated heterocycles. The van der Waals surface area contributed by atoms with Crippen molar-refractivity contribution in [3.63, 3.8) is 0 Å². The second-order valence-electron chi connectivity index (χ2n) is 3.17. The third kappa shape index (κ3) is 3.61. The summed E-state index contributed by atoms with van der Waals surface area (Å²) in [5, 5.41) is 10.5. The standard InChI is InChI=1S/C8H4F6N2O4/c1-19-5-3(20-8(12,13)14)2-4(7(9,10)11)15-6(5)16(17)18/h2H,1H3. The number of aromatic nitrogens is 1. The van der Waals surface area contributed by atoms with E-state index in [1.807, 2.05) is 0 Å². The number of methoxy groups -OCH3 is 1. The van der Waals surface area contributed by atoms with E-state index >= 15 is 0 Å². The Morgan fingerprint density at radius 2 is 1.80 bits per heavy atom. The van der Waals surface area contributed by atoms with Gasteiger partial charge in [0.2, 0.25) is 0 Å². The monoisotopic (exact) mass is 306 g/mol. The number of halogens is 6. The number of nitro groups is 1. The molecule has 0 aliphatic heterocycles. The van der Waals surface area contributed by atoms with Crippen LogP contribution in [0.15, 0.2) is 6.07 Å². The van der Waals surface area contributed by atoms with Gasteiger partial charge in [-0.15, -0.1) is 13.2 Å². The van der Waals surface area contributed by atoms with E-state index in [0.29, 0.717) is 0 Å². The van der Waals surface area contributed by atoms with Gasteiger partial charge in [-0.25, -0.2) is 0 Å². The zero-order valence-electron chi connectivity index (χ0n) is 9.37. The number of rotatable bonds is 3. The highest BCUT2D eigenvalue weighted by Gasteiger charge is 2.43. The average molecular weight is 306 g/mol. The predicted octanol–water partition coefficient (Wildman–Crippen LogP) is 2.92. The first-order valence-corrected chi connectivity index (χ1v) is 4.52. The first kappa shape index (κ1) is 15.8. The Morgan fingerprint density at radius 3 is 2.15 bits per heavy atom. The van der Waals surface area contributed by atoms with Crippen LogP contribution in [-0.2, 0) is 6.18 Å². The molecule has 0 aromatic carbocycles. The number of nitrogens with zero attached hydrogens (tertiary/aromatic N) is 2. The maximum atomic E-state index is 12.4. The molecular weight excluding hydrogens is 302 g/mol. The Hall–Kier alpha value is -2.27. The van der Waals surface area contributed by atoms with Crippen molar-refractivity contribution in [2.24, 2.45) is 0 Å². The number of ether oxygens (including phenoxy) is 2. The van der Waals surface area contributed by atoms with Gasteiger partial charge in [-0.3, -0.25) is 0 Å². The molecule has 0 N–H and O–H groups in total. The van der Waals surface area contributed by atoms with Gasteiger partial charge < -0.3 is 19.6 Å². The molecule has 20 heavy (non-hydrogen) atoms. The van der Waals surface area contributed by atoms with E-state index in [0.717, 1.165) is 7.11 Å². The van der Waals surface area contributed by atoms with Crippen LogP contribution < -0.4 is 9.47 Å². The summed E-state index contributed by atoms with van der Waals surface area (Å²) in [5.41, 5.74) is -1.91. The van der Waals surface area contributed by atoms with Gasteiger partial charge in [0.15, 0.2) is 5.75 Å². The highest BCUT2D eigenvalue weighted by molar-refractivity contribution is 5.52. The lowest BCUT2D eigenvalue weighted by atomic mass is 10.3. The molecule has 1 aromatic heterocycles. The van der Waals surface area contributed by atoms with E-state index in [2.05, 4.69) is 14.5 Å². The molecule has 0 amide bonds. The number of pyridine rings is 1. The van der Waals surface area contributed by atoms with Crippen LogP contribution in [0, 0.1) is 10.1 Å². The third-order valence-corrected chi connectivity index (χ3v) is 1.81. The van der Waals surface area contributed by atoms with Crippen LogP contribution in [0.3, 0.4) is 0 Å². The van der Waals surface area contributed by atoms with Crippen LogP contribution in [-0.4, -0.2) is 23.4 Å². The Balaban J connectivity index is 3.54. The van der Waals surface area contributed by atoms with Crippen molar-refractivity contribution in [3.8, 4) is 11.5 Å². The second kappa shape index (κ2) is 5.02. The summed E-state index contributed by atoms with van der Waals surface area (Å²) in [7, 11) is 0.723. The molecule has 0 fully saturated rings. The van der Waals surface area contributed by atoms with Gasteiger partial charge >= 0.3 is 18.4 Å². The molecule has 1 rings (SSSR count). The highest BCUT2D eigenvalue weighted by Crippen LogP contribution is 2.42. The summed E-state index contributed by atoms with van der Waals surface area (Å²) in [4.78, 5) is 11.7. The zero-order chi connectivity index (χ0) is 15.7. The van der Waals surface area contributed by atoms with Crippen LogP contribution in [0.4, 0.5) is 32.2 Å². The molecule has 0 unspecified atom stereocenters. The van der Waals surface area contributed by atoms with Crippen LogP contribution in [0.1, 0.15) is 5.69 Å². The normalized spacial score (nSPS) is 12.2. The lowest BCUT2D eigenvalue weighted by Crippen LogP contribution is -2.19. The zero-order valence-corrected chi connectivity index (χ0v) is 9.37.